The Kier molecular flexibility index (Phi) is 4.07. The standard InChI is InChI=1S/C10H20N4/c1-8(2)11-6-5-7-14-10(4)12-9(3)13-14/h8,11H,5-7H2,1-4H3. The van der Waals surface area contributed by atoms with Crippen LogP contribution in [0.4, 0.5) is 0 Å². The summed E-state index contributed by atoms with van der Waals surface area (Å²) in [6, 6.07) is 0.563. The average molecular weight is 196 g/mol. The van der Waals surface area contributed by atoms with Crippen molar-refractivity contribution in [2.75, 3.05) is 6.54 Å². The van der Waals surface area contributed by atoms with E-state index in [4.69, 9.17) is 0 Å². The molecule has 0 atom stereocenters. The molecule has 1 heterocycles. The summed E-state index contributed by atoms with van der Waals surface area (Å²) in [5, 5.41) is 7.69. The molecule has 4 heteroatoms. The van der Waals surface area contributed by atoms with E-state index in [0.717, 1.165) is 31.2 Å². The summed E-state index contributed by atoms with van der Waals surface area (Å²) in [4.78, 5) is 4.26. The van der Waals surface area contributed by atoms with Crippen LogP contribution < -0.4 is 5.32 Å². The molecule has 0 spiro atoms. The molecule has 14 heavy (non-hydrogen) atoms. The summed E-state index contributed by atoms with van der Waals surface area (Å²) < 4.78 is 1.97. The molecule has 80 valence electrons. The Morgan fingerprint density at radius 2 is 2.07 bits per heavy atom. The van der Waals surface area contributed by atoms with Crippen LogP contribution in [0.25, 0.3) is 0 Å². The molecule has 0 aromatic carbocycles. The van der Waals surface area contributed by atoms with Crippen molar-refractivity contribution in [3.8, 4) is 0 Å². The molecule has 1 aromatic heterocycles. The molecule has 0 saturated carbocycles. The van der Waals surface area contributed by atoms with Crippen molar-refractivity contribution in [2.24, 2.45) is 0 Å². The number of aromatic nitrogens is 3. The Hall–Kier alpha value is -0.900. The molecule has 0 fully saturated rings. The fourth-order valence-electron chi connectivity index (χ4n) is 1.39. The summed E-state index contributed by atoms with van der Waals surface area (Å²) >= 11 is 0. The molecule has 0 amide bonds. The smallest absolute Gasteiger partial charge is 0.147 e. The van der Waals surface area contributed by atoms with Crippen LogP contribution >= 0.6 is 0 Å². The summed E-state index contributed by atoms with van der Waals surface area (Å²) in [5.41, 5.74) is 0. The molecule has 0 bridgehead atoms. The van der Waals surface area contributed by atoms with Gasteiger partial charge in [-0.3, -0.25) is 4.68 Å². The number of rotatable bonds is 5. The van der Waals surface area contributed by atoms with Crippen molar-refractivity contribution in [2.45, 2.75) is 46.7 Å². The van der Waals surface area contributed by atoms with Gasteiger partial charge in [0, 0.05) is 12.6 Å². The third-order valence-corrected chi connectivity index (χ3v) is 2.06. The van der Waals surface area contributed by atoms with E-state index < -0.39 is 0 Å². The summed E-state index contributed by atoms with van der Waals surface area (Å²) in [5.74, 6) is 1.87. The number of hydrogen-bond donors (Lipinski definition) is 1. The molecule has 1 N–H and O–H groups in total. The Morgan fingerprint density at radius 3 is 2.57 bits per heavy atom. The molecular weight excluding hydrogens is 176 g/mol. The van der Waals surface area contributed by atoms with E-state index in [-0.39, 0.29) is 0 Å². The van der Waals surface area contributed by atoms with Crippen molar-refractivity contribution in [3.05, 3.63) is 11.6 Å². The monoisotopic (exact) mass is 196 g/mol. The van der Waals surface area contributed by atoms with Gasteiger partial charge in [0.25, 0.3) is 0 Å². The van der Waals surface area contributed by atoms with Crippen molar-refractivity contribution in [1.82, 2.24) is 20.1 Å². The third kappa shape index (κ3) is 3.46. The maximum absolute atomic E-state index is 4.30. The topological polar surface area (TPSA) is 42.7 Å². The van der Waals surface area contributed by atoms with Crippen LogP contribution in [0.15, 0.2) is 0 Å². The van der Waals surface area contributed by atoms with Gasteiger partial charge in [-0.1, -0.05) is 13.8 Å². The zero-order valence-electron chi connectivity index (χ0n) is 9.54. The first-order valence-electron chi connectivity index (χ1n) is 5.21. The van der Waals surface area contributed by atoms with Gasteiger partial charge >= 0.3 is 0 Å². The maximum atomic E-state index is 4.30. The highest BCUT2D eigenvalue weighted by atomic mass is 15.3. The fraction of sp³-hybridized carbons (Fsp3) is 0.800. The van der Waals surface area contributed by atoms with E-state index in [1.54, 1.807) is 0 Å². The molecular formula is C10H20N4. The molecule has 4 nitrogen and oxygen atoms in total. The first-order valence-corrected chi connectivity index (χ1v) is 5.21. The van der Waals surface area contributed by atoms with Crippen LogP contribution in [0.3, 0.4) is 0 Å². The predicted octanol–water partition coefficient (Wildman–Crippen LogP) is 1.28. The van der Waals surface area contributed by atoms with Crippen molar-refractivity contribution in [1.29, 1.82) is 0 Å². The van der Waals surface area contributed by atoms with Crippen molar-refractivity contribution in [3.63, 3.8) is 0 Å². The minimum atomic E-state index is 0.563. The summed E-state index contributed by atoms with van der Waals surface area (Å²) in [7, 11) is 0. The van der Waals surface area contributed by atoms with Gasteiger partial charge in [-0.05, 0) is 26.8 Å². The lowest BCUT2D eigenvalue weighted by Gasteiger charge is -2.07. The van der Waals surface area contributed by atoms with Crippen LogP contribution in [0, 0.1) is 13.8 Å². The molecule has 1 aromatic rings. The largest absolute Gasteiger partial charge is 0.314 e. The van der Waals surface area contributed by atoms with Gasteiger partial charge in [0.2, 0.25) is 0 Å². The van der Waals surface area contributed by atoms with E-state index in [1.807, 2.05) is 18.5 Å². The lowest BCUT2D eigenvalue weighted by atomic mass is 10.3. The Labute approximate surface area is 85.7 Å². The highest BCUT2D eigenvalue weighted by Gasteiger charge is 2.01. The van der Waals surface area contributed by atoms with E-state index in [1.165, 1.54) is 0 Å². The van der Waals surface area contributed by atoms with Gasteiger partial charge in [0.1, 0.15) is 11.6 Å². The Morgan fingerprint density at radius 1 is 1.36 bits per heavy atom. The molecule has 0 unspecified atom stereocenters. The van der Waals surface area contributed by atoms with Crippen LogP contribution in [0.5, 0.6) is 0 Å². The number of aryl methyl sites for hydroxylation is 3. The second kappa shape index (κ2) is 5.10. The van der Waals surface area contributed by atoms with Crippen molar-refractivity contribution < 1.29 is 0 Å². The van der Waals surface area contributed by atoms with Crippen LogP contribution in [0.2, 0.25) is 0 Å². The second-order valence-electron chi connectivity index (χ2n) is 3.89. The van der Waals surface area contributed by atoms with Gasteiger partial charge in [-0.2, -0.15) is 5.10 Å². The molecule has 0 aliphatic rings. The zero-order chi connectivity index (χ0) is 10.6. The van der Waals surface area contributed by atoms with Gasteiger partial charge in [-0.15, -0.1) is 0 Å². The minimum Gasteiger partial charge on any atom is -0.314 e. The lowest BCUT2D eigenvalue weighted by Crippen LogP contribution is -2.24. The lowest BCUT2D eigenvalue weighted by molar-refractivity contribution is 0.505. The number of nitrogens with zero attached hydrogens (tertiary/aromatic N) is 3. The average Bonchev–Trinajstić information content (AvgIpc) is 2.39. The fourth-order valence-corrected chi connectivity index (χ4v) is 1.39. The number of hydrogen-bond acceptors (Lipinski definition) is 3. The normalized spacial score (nSPS) is 11.2. The van der Waals surface area contributed by atoms with Gasteiger partial charge in [0.05, 0.1) is 0 Å². The van der Waals surface area contributed by atoms with Gasteiger partial charge < -0.3 is 5.32 Å². The summed E-state index contributed by atoms with van der Waals surface area (Å²) in [6.07, 6.45) is 1.10. The minimum absolute atomic E-state index is 0.563. The molecule has 0 saturated heterocycles. The van der Waals surface area contributed by atoms with Crippen LogP contribution in [-0.4, -0.2) is 27.4 Å². The highest BCUT2D eigenvalue weighted by molar-refractivity contribution is 4.87. The van der Waals surface area contributed by atoms with E-state index >= 15 is 0 Å². The SMILES string of the molecule is Cc1nc(C)n(CCCNC(C)C)n1. The molecule has 0 radical (unpaired) electrons. The molecule has 1 rings (SSSR count). The van der Waals surface area contributed by atoms with Crippen LogP contribution in [0.1, 0.15) is 31.9 Å². The van der Waals surface area contributed by atoms with E-state index in [0.29, 0.717) is 6.04 Å². The number of nitrogens with one attached hydrogen (secondary N) is 1. The van der Waals surface area contributed by atoms with Crippen molar-refractivity contribution >= 4 is 0 Å². The predicted molar refractivity (Wildman–Crippen MR) is 57.3 cm³/mol. The Balaban J connectivity index is 2.28. The van der Waals surface area contributed by atoms with Gasteiger partial charge in [-0.25, -0.2) is 4.98 Å². The first-order chi connectivity index (χ1) is 6.59. The van der Waals surface area contributed by atoms with Gasteiger partial charge in [0.15, 0.2) is 0 Å². The highest BCUT2D eigenvalue weighted by Crippen LogP contribution is 1.97. The zero-order valence-corrected chi connectivity index (χ0v) is 9.54. The quantitative estimate of drug-likeness (QED) is 0.721. The molecule has 0 aliphatic heterocycles. The van der Waals surface area contributed by atoms with E-state index in [9.17, 15) is 0 Å². The third-order valence-electron chi connectivity index (χ3n) is 2.06. The van der Waals surface area contributed by atoms with Crippen LogP contribution in [-0.2, 0) is 6.54 Å². The first kappa shape index (κ1) is 11.2. The maximum Gasteiger partial charge on any atom is 0.147 e. The Bertz CT molecular complexity index is 278. The summed E-state index contributed by atoms with van der Waals surface area (Å²) in [6.45, 7) is 10.2. The second-order valence-corrected chi connectivity index (χ2v) is 3.89. The van der Waals surface area contributed by atoms with E-state index in [2.05, 4.69) is 29.2 Å². The molecule has 0 aliphatic carbocycles.